The fraction of sp³-hybridized carbons (Fsp3) is 0.889. The van der Waals surface area contributed by atoms with Crippen LogP contribution in [0.4, 0.5) is 26.3 Å². The van der Waals surface area contributed by atoms with Crippen LogP contribution in [-0.2, 0) is 9.59 Å². The van der Waals surface area contributed by atoms with Crippen molar-refractivity contribution in [3.05, 3.63) is 0 Å². The first-order valence-electron chi connectivity index (χ1n) is 9.66. The van der Waals surface area contributed by atoms with Crippen molar-refractivity contribution >= 4 is 11.8 Å². The van der Waals surface area contributed by atoms with Gasteiger partial charge in [0.25, 0.3) is 0 Å². The molecule has 0 atom stereocenters. The Hall–Kier alpha value is -1.48. The molecule has 0 saturated carbocycles. The van der Waals surface area contributed by atoms with Gasteiger partial charge in [-0.25, -0.2) is 0 Å². The Morgan fingerprint density at radius 1 is 0.500 bits per heavy atom. The van der Waals surface area contributed by atoms with E-state index in [-0.39, 0.29) is 13.1 Å². The van der Waals surface area contributed by atoms with Gasteiger partial charge in [-0.15, -0.1) is 0 Å². The van der Waals surface area contributed by atoms with Gasteiger partial charge >= 0.3 is 12.4 Å². The van der Waals surface area contributed by atoms with Gasteiger partial charge in [0.05, 0.1) is 0 Å². The minimum absolute atomic E-state index is 0.258. The lowest BCUT2D eigenvalue weighted by Gasteiger charge is -2.08. The number of alkyl halides is 6. The second-order valence-corrected chi connectivity index (χ2v) is 6.82. The Bertz CT molecular complexity index is 399. The monoisotopic (exact) mass is 420 g/mol. The Kier molecular flexibility index (Phi) is 13.7. The standard InChI is InChI=1S/C18H30F6N2O2/c19-17(20,21)13-15(27)25-11-9-7-5-3-1-2-4-6-8-10-12-26-16(28)14-18(22,23)24/h1-14H2,(H,25,27)(H,26,28). The van der Waals surface area contributed by atoms with Crippen LogP contribution < -0.4 is 10.6 Å². The van der Waals surface area contributed by atoms with Gasteiger partial charge in [-0.3, -0.25) is 9.59 Å². The van der Waals surface area contributed by atoms with Gasteiger partial charge in [0.2, 0.25) is 11.8 Å². The van der Waals surface area contributed by atoms with Gasteiger partial charge in [-0.05, 0) is 12.8 Å². The van der Waals surface area contributed by atoms with E-state index in [2.05, 4.69) is 10.6 Å². The molecule has 0 aromatic rings. The van der Waals surface area contributed by atoms with Crippen LogP contribution in [0.1, 0.15) is 77.0 Å². The van der Waals surface area contributed by atoms with Crippen LogP contribution in [0.2, 0.25) is 0 Å². The summed E-state index contributed by atoms with van der Waals surface area (Å²) in [4.78, 5) is 21.9. The van der Waals surface area contributed by atoms with Crippen molar-refractivity contribution < 1.29 is 35.9 Å². The van der Waals surface area contributed by atoms with Crippen molar-refractivity contribution in [3.63, 3.8) is 0 Å². The SMILES string of the molecule is O=C(CC(F)(F)F)NCCCCCCCCCCCCNC(=O)CC(F)(F)F. The summed E-state index contributed by atoms with van der Waals surface area (Å²) in [6.07, 6.45) is -2.75. The summed E-state index contributed by atoms with van der Waals surface area (Å²) in [6, 6.07) is 0. The van der Waals surface area contributed by atoms with Crippen LogP contribution in [0.3, 0.4) is 0 Å². The molecule has 0 rings (SSSR count). The van der Waals surface area contributed by atoms with Gasteiger partial charge in [0, 0.05) is 13.1 Å². The Labute approximate surface area is 161 Å². The van der Waals surface area contributed by atoms with Gasteiger partial charge in [-0.2, -0.15) is 26.3 Å². The lowest BCUT2D eigenvalue weighted by Crippen LogP contribution is -2.29. The van der Waals surface area contributed by atoms with Crippen LogP contribution >= 0.6 is 0 Å². The van der Waals surface area contributed by atoms with E-state index in [4.69, 9.17) is 0 Å². The molecule has 166 valence electrons. The summed E-state index contributed by atoms with van der Waals surface area (Å²) in [7, 11) is 0. The fourth-order valence-corrected chi connectivity index (χ4v) is 2.61. The van der Waals surface area contributed by atoms with E-state index in [1.165, 1.54) is 0 Å². The van der Waals surface area contributed by atoms with Crippen molar-refractivity contribution in [2.75, 3.05) is 13.1 Å². The molecule has 2 N–H and O–H groups in total. The highest BCUT2D eigenvalue weighted by atomic mass is 19.4. The highest BCUT2D eigenvalue weighted by molar-refractivity contribution is 5.76. The Balaban J connectivity index is 3.28. The second kappa shape index (κ2) is 14.5. The quantitative estimate of drug-likeness (QED) is 0.289. The number of amides is 2. The zero-order valence-electron chi connectivity index (χ0n) is 16.0. The maximum absolute atomic E-state index is 11.9. The molecule has 0 saturated heterocycles. The molecule has 0 aliphatic rings. The van der Waals surface area contributed by atoms with Gasteiger partial charge < -0.3 is 10.6 Å². The highest BCUT2D eigenvalue weighted by Crippen LogP contribution is 2.19. The van der Waals surface area contributed by atoms with Crippen molar-refractivity contribution in [1.82, 2.24) is 10.6 Å². The van der Waals surface area contributed by atoms with Crippen LogP contribution in [0.15, 0.2) is 0 Å². The van der Waals surface area contributed by atoms with Crippen LogP contribution in [0, 0.1) is 0 Å². The molecular formula is C18H30F6N2O2. The smallest absolute Gasteiger partial charge is 0.356 e. The minimum atomic E-state index is -4.47. The highest BCUT2D eigenvalue weighted by Gasteiger charge is 2.31. The molecule has 0 aliphatic heterocycles. The molecule has 28 heavy (non-hydrogen) atoms. The van der Waals surface area contributed by atoms with Crippen LogP contribution in [0.5, 0.6) is 0 Å². The number of carbonyl (C=O) groups is 2. The molecule has 0 bridgehead atoms. The van der Waals surface area contributed by atoms with E-state index in [0.717, 1.165) is 51.4 Å². The zero-order chi connectivity index (χ0) is 21.5. The van der Waals surface area contributed by atoms with E-state index < -0.39 is 37.0 Å². The van der Waals surface area contributed by atoms with E-state index in [1.54, 1.807) is 0 Å². The number of halogens is 6. The van der Waals surface area contributed by atoms with Gasteiger partial charge in [0.1, 0.15) is 12.8 Å². The summed E-state index contributed by atoms with van der Waals surface area (Å²) in [5.74, 6) is -1.99. The van der Waals surface area contributed by atoms with Gasteiger partial charge in [0.15, 0.2) is 0 Å². The van der Waals surface area contributed by atoms with E-state index in [0.29, 0.717) is 12.8 Å². The molecule has 0 aromatic carbocycles. The number of hydrogen-bond donors (Lipinski definition) is 2. The lowest BCUT2D eigenvalue weighted by molar-refractivity contribution is -0.155. The largest absolute Gasteiger partial charge is 0.397 e. The summed E-state index contributed by atoms with van der Waals surface area (Å²) in [6.45, 7) is 0.517. The maximum atomic E-state index is 11.9. The summed E-state index contributed by atoms with van der Waals surface area (Å²) < 4.78 is 71.6. The van der Waals surface area contributed by atoms with Crippen molar-refractivity contribution in [3.8, 4) is 0 Å². The third-order valence-electron chi connectivity index (χ3n) is 3.97. The summed E-state index contributed by atoms with van der Waals surface area (Å²) in [5.41, 5.74) is 0. The topological polar surface area (TPSA) is 58.2 Å². The Morgan fingerprint density at radius 2 is 0.750 bits per heavy atom. The molecule has 2 amide bonds. The first kappa shape index (κ1) is 26.5. The third kappa shape index (κ3) is 20.8. The predicted octanol–water partition coefficient (Wildman–Crippen LogP) is 5.02. The summed E-state index contributed by atoms with van der Waals surface area (Å²) >= 11 is 0. The molecule has 10 heteroatoms. The maximum Gasteiger partial charge on any atom is 0.397 e. The van der Waals surface area contributed by atoms with E-state index in [1.807, 2.05) is 0 Å². The molecule has 0 spiro atoms. The van der Waals surface area contributed by atoms with Crippen LogP contribution in [0.25, 0.3) is 0 Å². The molecule has 0 radical (unpaired) electrons. The minimum Gasteiger partial charge on any atom is -0.356 e. The normalized spacial score (nSPS) is 12.1. The number of carbonyl (C=O) groups excluding carboxylic acids is 2. The van der Waals surface area contributed by atoms with Gasteiger partial charge in [-0.1, -0.05) is 51.4 Å². The number of rotatable bonds is 15. The lowest BCUT2D eigenvalue weighted by atomic mass is 10.1. The zero-order valence-corrected chi connectivity index (χ0v) is 16.0. The fourth-order valence-electron chi connectivity index (χ4n) is 2.61. The average molecular weight is 420 g/mol. The molecule has 0 unspecified atom stereocenters. The van der Waals surface area contributed by atoms with E-state index >= 15 is 0 Å². The molecule has 4 nitrogen and oxygen atoms in total. The van der Waals surface area contributed by atoms with Crippen molar-refractivity contribution in [2.45, 2.75) is 89.4 Å². The first-order chi connectivity index (χ1) is 13.0. The number of unbranched alkanes of at least 4 members (excludes halogenated alkanes) is 9. The average Bonchev–Trinajstić information content (AvgIpc) is 2.51. The molecular weight excluding hydrogens is 390 g/mol. The summed E-state index contributed by atoms with van der Waals surface area (Å²) in [5, 5.41) is 4.50. The molecule has 0 aliphatic carbocycles. The second-order valence-electron chi connectivity index (χ2n) is 6.82. The predicted molar refractivity (Wildman–Crippen MR) is 93.5 cm³/mol. The third-order valence-corrected chi connectivity index (χ3v) is 3.97. The molecule has 0 heterocycles. The molecule has 0 fully saturated rings. The number of hydrogen-bond acceptors (Lipinski definition) is 2. The molecule has 0 aromatic heterocycles. The number of nitrogens with one attached hydrogen (secondary N) is 2. The van der Waals surface area contributed by atoms with Crippen molar-refractivity contribution in [2.24, 2.45) is 0 Å². The van der Waals surface area contributed by atoms with E-state index in [9.17, 15) is 35.9 Å². The van der Waals surface area contributed by atoms with Crippen molar-refractivity contribution in [1.29, 1.82) is 0 Å². The van der Waals surface area contributed by atoms with Crippen LogP contribution in [-0.4, -0.2) is 37.3 Å². The Morgan fingerprint density at radius 3 is 1.00 bits per heavy atom. The first-order valence-corrected chi connectivity index (χ1v) is 9.66.